The van der Waals surface area contributed by atoms with Crippen LogP contribution in [-0.4, -0.2) is 20.9 Å². The predicted octanol–water partition coefficient (Wildman–Crippen LogP) is 2.89. The van der Waals surface area contributed by atoms with E-state index in [1.807, 2.05) is 31.5 Å². The number of nitrogens with zero attached hydrogens (tertiary/aromatic N) is 2. The van der Waals surface area contributed by atoms with Crippen LogP contribution in [0.4, 0.5) is 0 Å². The van der Waals surface area contributed by atoms with Crippen LogP contribution >= 0.6 is 0 Å². The molecule has 0 fully saturated rings. The van der Waals surface area contributed by atoms with Gasteiger partial charge in [0.05, 0.1) is 11.8 Å². The fraction of sp³-hybridized carbons (Fsp3) is 0.286. The quantitative estimate of drug-likeness (QED) is 0.903. The van der Waals surface area contributed by atoms with Crippen molar-refractivity contribution in [1.82, 2.24) is 9.78 Å². The number of aromatic nitrogens is 2. The molecule has 0 bridgehead atoms. The average Bonchev–Trinajstić information content (AvgIpc) is 2.70. The number of benzene rings is 1. The third-order valence-corrected chi connectivity index (χ3v) is 3.18. The molecule has 18 heavy (non-hydrogen) atoms. The van der Waals surface area contributed by atoms with Crippen molar-refractivity contribution >= 4 is 5.97 Å². The van der Waals surface area contributed by atoms with Gasteiger partial charge < -0.3 is 5.11 Å². The maximum atomic E-state index is 11.0. The van der Waals surface area contributed by atoms with Gasteiger partial charge in [0, 0.05) is 17.8 Å². The molecule has 1 aromatic heterocycles. The molecule has 0 saturated heterocycles. The summed E-state index contributed by atoms with van der Waals surface area (Å²) in [6, 6.07) is 5.17. The molecule has 0 spiro atoms. The average molecular weight is 244 g/mol. The summed E-state index contributed by atoms with van der Waals surface area (Å²) in [5.74, 6) is -0.906. The van der Waals surface area contributed by atoms with Crippen LogP contribution in [0.3, 0.4) is 0 Å². The van der Waals surface area contributed by atoms with Crippen molar-refractivity contribution in [3.63, 3.8) is 0 Å². The van der Waals surface area contributed by atoms with Gasteiger partial charge in [0.1, 0.15) is 0 Å². The molecule has 1 heterocycles. The van der Waals surface area contributed by atoms with Crippen molar-refractivity contribution in [2.45, 2.75) is 27.3 Å². The molecule has 0 atom stereocenters. The summed E-state index contributed by atoms with van der Waals surface area (Å²) in [6.07, 6.45) is 1.80. The fourth-order valence-corrected chi connectivity index (χ4v) is 2.07. The smallest absolute Gasteiger partial charge is 0.335 e. The van der Waals surface area contributed by atoms with Crippen molar-refractivity contribution in [2.24, 2.45) is 0 Å². The molecule has 0 unspecified atom stereocenters. The summed E-state index contributed by atoms with van der Waals surface area (Å²) in [5, 5.41) is 13.3. The first-order valence-electron chi connectivity index (χ1n) is 5.91. The lowest BCUT2D eigenvalue weighted by Crippen LogP contribution is -2.00. The molecular formula is C14H16N2O2. The highest BCUT2D eigenvalue weighted by Gasteiger charge is 2.12. The zero-order chi connectivity index (χ0) is 13.3. The van der Waals surface area contributed by atoms with Gasteiger partial charge in [-0.1, -0.05) is 6.07 Å². The number of rotatable bonds is 3. The van der Waals surface area contributed by atoms with Crippen LogP contribution in [0.2, 0.25) is 0 Å². The first kappa shape index (κ1) is 12.4. The molecule has 0 aliphatic rings. The highest BCUT2D eigenvalue weighted by molar-refractivity contribution is 5.90. The van der Waals surface area contributed by atoms with Gasteiger partial charge in [-0.3, -0.25) is 4.68 Å². The van der Waals surface area contributed by atoms with Crippen molar-refractivity contribution in [3.05, 3.63) is 41.2 Å². The Hall–Kier alpha value is -2.10. The van der Waals surface area contributed by atoms with Gasteiger partial charge in [-0.05, 0) is 44.0 Å². The first-order valence-corrected chi connectivity index (χ1v) is 5.91. The number of aromatic carboxylic acids is 1. The van der Waals surface area contributed by atoms with E-state index in [1.165, 1.54) is 0 Å². The van der Waals surface area contributed by atoms with E-state index in [1.54, 1.807) is 18.3 Å². The summed E-state index contributed by atoms with van der Waals surface area (Å²) in [7, 11) is 0. The van der Waals surface area contributed by atoms with E-state index in [0.29, 0.717) is 5.56 Å². The minimum absolute atomic E-state index is 0.305. The molecule has 0 aliphatic heterocycles. The summed E-state index contributed by atoms with van der Waals surface area (Å²) in [4.78, 5) is 11.0. The topological polar surface area (TPSA) is 55.1 Å². The van der Waals surface area contributed by atoms with Crippen LogP contribution in [0.5, 0.6) is 0 Å². The third kappa shape index (κ3) is 2.01. The van der Waals surface area contributed by atoms with Gasteiger partial charge in [0.25, 0.3) is 0 Å². The Morgan fingerprint density at radius 2 is 2.06 bits per heavy atom. The van der Waals surface area contributed by atoms with Crippen molar-refractivity contribution < 1.29 is 9.90 Å². The predicted molar refractivity (Wildman–Crippen MR) is 69.8 cm³/mol. The first-order chi connectivity index (χ1) is 8.54. The molecule has 4 nitrogen and oxygen atoms in total. The normalized spacial score (nSPS) is 10.6. The largest absolute Gasteiger partial charge is 0.478 e. The van der Waals surface area contributed by atoms with E-state index in [2.05, 4.69) is 5.10 Å². The molecule has 1 N–H and O–H groups in total. The van der Waals surface area contributed by atoms with Crippen LogP contribution in [0.15, 0.2) is 24.4 Å². The zero-order valence-corrected chi connectivity index (χ0v) is 10.8. The fourth-order valence-electron chi connectivity index (χ4n) is 2.07. The molecule has 0 aliphatic carbocycles. The standard InChI is InChI=1S/C14H16N2O2/c1-4-16-10(3)13(8-15-16)12-7-11(14(17)18)6-5-9(12)2/h5-8H,4H2,1-3H3,(H,17,18). The number of carbonyl (C=O) groups is 1. The summed E-state index contributed by atoms with van der Waals surface area (Å²) < 4.78 is 1.90. The lowest BCUT2D eigenvalue weighted by atomic mass is 9.99. The van der Waals surface area contributed by atoms with Crippen LogP contribution in [0.25, 0.3) is 11.1 Å². The highest BCUT2D eigenvalue weighted by Crippen LogP contribution is 2.27. The Labute approximate surface area is 106 Å². The SMILES string of the molecule is CCn1ncc(-c2cc(C(=O)O)ccc2C)c1C. The number of carboxylic acids is 1. The van der Waals surface area contributed by atoms with Crippen LogP contribution in [-0.2, 0) is 6.54 Å². The van der Waals surface area contributed by atoms with E-state index in [9.17, 15) is 4.79 Å². The van der Waals surface area contributed by atoms with Crippen molar-refractivity contribution in [1.29, 1.82) is 0 Å². The van der Waals surface area contributed by atoms with Gasteiger partial charge in [-0.2, -0.15) is 5.10 Å². The maximum absolute atomic E-state index is 11.0. The van der Waals surface area contributed by atoms with E-state index in [-0.39, 0.29) is 0 Å². The summed E-state index contributed by atoms with van der Waals surface area (Å²) >= 11 is 0. The Balaban J connectivity index is 2.59. The number of aryl methyl sites for hydroxylation is 2. The second-order valence-corrected chi connectivity index (χ2v) is 4.29. The van der Waals surface area contributed by atoms with Gasteiger partial charge in [-0.25, -0.2) is 4.79 Å². The van der Waals surface area contributed by atoms with E-state index < -0.39 is 5.97 Å². The molecular weight excluding hydrogens is 228 g/mol. The van der Waals surface area contributed by atoms with Crippen LogP contribution < -0.4 is 0 Å². The lowest BCUT2D eigenvalue weighted by molar-refractivity contribution is 0.0697. The van der Waals surface area contributed by atoms with Gasteiger partial charge in [0.15, 0.2) is 0 Å². The van der Waals surface area contributed by atoms with Crippen LogP contribution in [0.1, 0.15) is 28.5 Å². The highest BCUT2D eigenvalue weighted by atomic mass is 16.4. The van der Waals surface area contributed by atoms with Crippen molar-refractivity contribution in [3.8, 4) is 11.1 Å². The Kier molecular flexibility index (Phi) is 3.19. The number of carboxylic acid groups (broad SMARTS) is 1. The van der Waals surface area contributed by atoms with Gasteiger partial charge in [-0.15, -0.1) is 0 Å². The Morgan fingerprint density at radius 3 is 2.61 bits per heavy atom. The van der Waals surface area contributed by atoms with E-state index in [4.69, 9.17) is 5.11 Å². The zero-order valence-electron chi connectivity index (χ0n) is 10.8. The summed E-state index contributed by atoms with van der Waals surface area (Å²) in [5.41, 5.74) is 4.35. The second-order valence-electron chi connectivity index (χ2n) is 4.29. The second kappa shape index (κ2) is 4.64. The number of hydrogen-bond donors (Lipinski definition) is 1. The Morgan fingerprint density at radius 1 is 1.33 bits per heavy atom. The molecule has 1 aromatic carbocycles. The van der Waals surface area contributed by atoms with Crippen LogP contribution in [0, 0.1) is 13.8 Å². The van der Waals surface area contributed by atoms with Crippen molar-refractivity contribution in [2.75, 3.05) is 0 Å². The third-order valence-electron chi connectivity index (χ3n) is 3.18. The maximum Gasteiger partial charge on any atom is 0.335 e. The lowest BCUT2D eigenvalue weighted by Gasteiger charge is -2.07. The molecule has 0 amide bonds. The summed E-state index contributed by atoms with van der Waals surface area (Å²) in [6.45, 7) is 6.82. The molecule has 0 radical (unpaired) electrons. The molecule has 4 heteroatoms. The van der Waals surface area contributed by atoms with E-state index in [0.717, 1.165) is 28.9 Å². The minimum atomic E-state index is -0.906. The van der Waals surface area contributed by atoms with Gasteiger partial charge in [0.2, 0.25) is 0 Å². The molecule has 94 valence electrons. The Bertz CT molecular complexity index is 600. The molecule has 2 rings (SSSR count). The molecule has 0 saturated carbocycles. The van der Waals surface area contributed by atoms with Gasteiger partial charge >= 0.3 is 5.97 Å². The molecule has 2 aromatic rings. The number of hydrogen-bond acceptors (Lipinski definition) is 2. The van der Waals surface area contributed by atoms with E-state index >= 15 is 0 Å². The minimum Gasteiger partial charge on any atom is -0.478 e. The monoisotopic (exact) mass is 244 g/mol.